The lowest BCUT2D eigenvalue weighted by atomic mass is 9.82. The number of hydrogen-bond donors (Lipinski definition) is 0. The second-order valence-electron chi connectivity index (χ2n) is 7.25. The van der Waals surface area contributed by atoms with Gasteiger partial charge in [-0.2, -0.15) is 13.2 Å². The van der Waals surface area contributed by atoms with E-state index in [9.17, 15) is 22.8 Å². The third-order valence-corrected chi connectivity index (χ3v) is 5.40. The second kappa shape index (κ2) is 6.65. The number of carbonyl (C=O) groups is 2. The maximum atomic E-state index is 13.0. The molecule has 0 N–H and O–H groups in total. The molecule has 2 aromatic rings. The average Bonchev–Trinajstić information content (AvgIpc) is 2.67. The minimum Gasteiger partial charge on any atom is -0.486 e. The number of hydrogen-bond acceptors (Lipinski definition) is 3. The molecule has 2 heterocycles. The van der Waals surface area contributed by atoms with Gasteiger partial charge in [-0.05, 0) is 30.3 Å². The Balaban J connectivity index is 1.52. The Morgan fingerprint density at radius 3 is 2.36 bits per heavy atom. The van der Waals surface area contributed by atoms with Gasteiger partial charge in [0, 0.05) is 31.5 Å². The number of alkyl halides is 3. The second-order valence-corrected chi connectivity index (χ2v) is 7.25. The van der Waals surface area contributed by atoms with E-state index in [4.69, 9.17) is 4.74 Å². The number of carbonyl (C=O) groups excluding carboxylic acids is 2. The third kappa shape index (κ3) is 3.37. The molecule has 0 atom stereocenters. The fourth-order valence-corrected chi connectivity index (χ4v) is 3.83. The van der Waals surface area contributed by atoms with Crippen LogP contribution in [0.2, 0.25) is 0 Å². The number of piperidine rings is 1. The maximum Gasteiger partial charge on any atom is 0.416 e. The molecular formula is C21H18F3NO3. The number of likely N-dealkylation sites (tertiary alicyclic amines) is 1. The van der Waals surface area contributed by atoms with Gasteiger partial charge in [-0.15, -0.1) is 0 Å². The summed E-state index contributed by atoms with van der Waals surface area (Å²) in [6, 6.07) is 11.9. The summed E-state index contributed by atoms with van der Waals surface area (Å²) in [4.78, 5) is 26.8. The Morgan fingerprint density at radius 1 is 1.04 bits per heavy atom. The standard InChI is InChI=1S/C21H18F3NO3/c22-21(23,24)15-6-7-16-17(26)13-20(28-18(16)12-15)8-10-25(11-9-20)19(27)14-4-2-1-3-5-14/h1-7,12H,8-11,13H2. The highest BCUT2D eigenvalue weighted by molar-refractivity contribution is 6.00. The van der Waals surface area contributed by atoms with Gasteiger partial charge in [0.15, 0.2) is 5.78 Å². The fourth-order valence-electron chi connectivity index (χ4n) is 3.83. The largest absolute Gasteiger partial charge is 0.486 e. The number of halogens is 3. The van der Waals surface area contributed by atoms with Gasteiger partial charge < -0.3 is 9.64 Å². The van der Waals surface area contributed by atoms with E-state index in [-0.39, 0.29) is 29.4 Å². The van der Waals surface area contributed by atoms with Gasteiger partial charge in [0.2, 0.25) is 0 Å². The van der Waals surface area contributed by atoms with E-state index in [1.807, 2.05) is 6.07 Å². The van der Waals surface area contributed by atoms with Crippen molar-refractivity contribution in [2.24, 2.45) is 0 Å². The first-order valence-electron chi connectivity index (χ1n) is 9.05. The maximum absolute atomic E-state index is 13.0. The van der Waals surface area contributed by atoms with E-state index in [1.165, 1.54) is 6.07 Å². The predicted molar refractivity (Wildman–Crippen MR) is 95.3 cm³/mol. The molecule has 0 saturated carbocycles. The lowest BCUT2D eigenvalue weighted by molar-refractivity contribution is -0.137. The molecule has 7 heteroatoms. The summed E-state index contributed by atoms with van der Waals surface area (Å²) in [5.74, 6) is -0.343. The smallest absolute Gasteiger partial charge is 0.416 e. The van der Waals surface area contributed by atoms with Crippen LogP contribution < -0.4 is 4.74 Å². The zero-order valence-electron chi connectivity index (χ0n) is 15.0. The van der Waals surface area contributed by atoms with Gasteiger partial charge in [-0.1, -0.05) is 18.2 Å². The van der Waals surface area contributed by atoms with Crippen LogP contribution in [0, 0.1) is 0 Å². The van der Waals surface area contributed by atoms with Crippen LogP contribution >= 0.6 is 0 Å². The van der Waals surface area contributed by atoms with Crippen molar-refractivity contribution in [2.45, 2.75) is 31.0 Å². The number of ether oxygens (including phenoxy) is 1. The van der Waals surface area contributed by atoms with Gasteiger partial charge in [0.1, 0.15) is 11.4 Å². The number of rotatable bonds is 1. The summed E-state index contributed by atoms with van der Waals surface area (Å²) in [5, 5.41) is 0. The molecule has 1 fully saturated rings. The van der Waals surface area contributed by atoms with Crippen molar-refractivity contribution >= 4 is 11.7 Å². The predicted octanol–water partition coefficient (Wildman–Crippen LogP) is 4.35. The summed E-state index contributed by atoms with van der Waals surface area (Å²) in [6.45, 7) is 0.768. The summed E-state index contributed by atoms with van der Waals surface area (Å²) >= 11 is 0. The van der Waals surface area contributed by atoms with E-state index in [0.717, 1.165) is 12.1 Å². The van der Waals surface area contributed by atoms with Crippen LogP contribution in [0.25, 0.3) is 0 Å². The van der Waals surface area contributed by atoms with Crippen LogP contribution in [0.5, 0.6) is 5.75 Å². The number of amides is 1. The molecule has 0 bridgehead atoms. The molecule has 0 unspecified atom stereocenters. The Kier molecular flexibility index (Phi) is 4.40. The van der Waals surface area contributed by atoms with Crippen molar-refractivity contribution in [1.29, 1.82) is 0 Å². The minimum absolute atomic E-state index is 0.0195. The van der Waals surface area contributed by atoms with E-state index < -0.39 is 17.3 Å². The molecule has 0 aromatic heterocycles. The quantitative estimate of drug-likeness (QED) is 0.729. The molecule has 2 aliphatic heterocycles. The molecule has 2 aliphatic rings. The monoisotopic (exact) mass is 389 g/mol. The van der Waals surface area contributed by atoms with Crippen LogP contribution in [0.3, 0.4) is 0 Å². The van der Waals surface area contributed by atoms with Gasteiger partial charge in [0.05, 0.1) is 17.5 Å². The first kappa shape index (κ1) is 18.5. The van der Waals surface area contributed by atoms with Gasteiger partial charge in [0.25, 0.3) is 5.91 Å². The number of ketones is 1. The van der Waals surface area contributed by atoms with Gasteiger partial charge >= 0.3 is 6.18 Å². The topological polar surface area (TPSA) is 46.6 Å². The summed E-state index contributed by atoms with van der Waals surface area (Å²) in [5.41, 5.74) is -0.935. The lowest BCUT2D eigenvalue weighted by Gasteiger charge is -2.44. The molecule has 2 aromatic carbocycles. The number of fused-ring (bicyclic) bond motifs is 1. The molecule has 4 rings (SSSR count). The van der Waals surface area contributed by atoms with Crippen molar-refractivity contribution in [3.63, 3.8) is 0 Å². The molecule has 1 amide bonds. The van der Waals surface area contributed by atoms with Crippen LogP contribution in [0.1, 0.15) is 45.5 Å². The first-order valence-corrected chi connectivity index (χ1v) is 9.05. The summed E-state index contributed by atoms with van der Waals surface area (Å²) in [7, 11) is 0. The molecule has 1 saturated heterocycles. The molecule has 0 radical (unpaired) electrons. The van der Waals surface area contributed by atoms with Crippen molar-refractivity contribution in [3.05, 3.63) is 65.2 Å². The zero-order chi connectivity index (χ0) is 19.9. The first-order chi connectivity index (χ1) is 13.3. The highest BCUT2D eigenvalue weighted by Crippen LogP contribution is 2.42. The van der Waals surface area contributed by atoms with E-state index in [0.29, 0.717) is 31.5 Å². The van der Waals surface area contributed by atoms with E-state index >= 15 is 0 Å². The fraction of sp³-hybridized carbons (Fsp3) is 0.333. The van der Waals surface area contributed by atoms with Crippen LogP contribution in [-0.4, -0.2) is 35.3 Å². The number of Topliss-reactive ketones (excluding diaryl/α,β-unsaturated/α-hetero) is 1. The number of benzene rings is 2. The van der Waals surface area contributed by atoms with Crippen molar-refractivity contribution in [2.75, 3.05) is 13.1 Å². The average molecular weight is 389 g/mol. The molecule has 28 heavy (non-hydrogen) atoms. The highest BCUT2D eigenvalue weighted by Gasteiger charge is 2.44. The van der Waals surface area contributed by atoms with Crippen LogP contribution in [0.15, 0.2) is 48.5 Å². The van der Waals surface area contributed by atoms with Gasteiger partial charge in [-0.25, -0.2) is 0 Å². The SMILES string of the molecule is O=C1CC2(CCN(C(=O)c3ccccc3)CC2)Oc2cc(C(F)(F)F)ccc21. The molecule has 4 nitrogen and oxygen atoms in total. The van der Waals surface area contributed by atoms with Crippen molar-refractivity contribution in [3.8, 4) is 5.75 Å². The Labute approximate surface area is 159 Å². The van der Waals surface area contributed by atoms with Gasteiger partial charge in [-0.3, -0.25) is 9.59 Å². The Bertz CT molecular complexity index is 916. The van der Waals surface area contributed by atoms with Crippen molar-refractivity contribution < 1.29 is 27.5 Å². The zero-order valence-corrected chi connectivity index (χ0v) is 15.0. The Hall–Kier alpha value is -2.83. The molecule has 0 aliphatic carbocycles. The Morgan fingerprint density at radius 2 is 1.71 bits per heavy atom. The third-order valence-electron chi connectivity index (χ3n) is 5.40. The molecule has 1 spiro atoms. The van der Waals surface area contributed by atoms with Crippen LogP contribution in [-0.2, 0) is 6.18 Å². The lowest BCUT2D eigenvalue weighted by Crippen LogP contribution is -2.52. The van der Waals surface area contributed by atoms with E-state index in [1.54, 1.807) is 29.2 Å². The minimum atomic E-state index is -4.50. The summed E-state index contributed by atoms with van der Waals surface area (Å²) in [6.07, 6.45) is -3.60. The highest BCUT2D eigenvalue weighted by atomic mass is 19.4. The van der Waals surface area contributed by atoms with Crippen molar-refractivity contribution in [1.82, 2.24) is 4.90 Å². The molecule has 146 valence electrons. The molecular weight excluding hydrogens is 371 g/mol. The van der Waals surface area contributed by atoms with E-state index in [2.05, 4.69) is 0 Å². The summed E-state index contributed by atoms with van der Waals surface area (Å²) < 4.78 is 45.0. The number of nitrogens with zero attached hydrogens (tertiary/aromatic N) is 1. The van der Waals surface area contributed by atoms with Crippen LogP contribution in [0.4, 0.5) is 13.2 Å². The normalized spacial score (nSPS) is 18.5.